The van der Waals surface area contributed by atoms with E-state index in [1.54, 1.807) is 4.68 Å². The Kier molecular flexibility index (Phi) is 7.39. The predicted molar refractivity (Wildman–Crippen MR) is 97.4 cm³/mol. The normalized spacial score (nSPS) is 12.3. The van der Waals surface area contributed by atoms with Gasteiger partial charge in [0.05, 0.1) is 5.69 Å². The maximum Gasteiger partial charge on any atom is 0.211 e. The Bertz CT molecular complexity index is 567. The molecule has 1 N–H and O–H groups in total. The molecular weight excluding hydrogens is 306 g/mol. The molecule has 0 spiro atoms. The van der Waals surface area contributed by atoms with Gasteiger partial charge in [-0.05, 0) is 47.0 Å². The Balaban J connectivity index is 1.79. The molecule has 0 bridgehead atoms. The van der Waals surface area contributed by atoms with Gasteiger partial charge in [0.1, 0.15) is 0 Å². The fourth-order valence-electron chi connectivity index (χ4n) is 2.73. The molecule has 0 amide bonds. The zero-order chi connectivity index (χ0) is 16.5. The molecular formula is C17H27N5S. The Labute approximate surface area is 144 Å². The summed E-state index contributed by atoms with van der Waals surface area (Å²) in [7, 11) is 0. The molecule has 5 nitrogen and oxygen atoms in total. The molecule has 126 valence electrons. The number of rotatable bonds is 10. The van der Waals surface area contributed by atoms with Gasteiger partial charge in [0.2, 0.25) is 5.16 Å². The lowest BCUT2D eigenvalue weighted by molar-refractivity contribution is 0.426. The van der Waals surface area contributed by atoms with Gasteiger partial charge in [-0.2, -0.15) is 4.68 Å². The van der Waals surface area contributed by atoms with Crippen molar-refractivity contribution in [3.05, 3.63) is 24.3 Å². The minimum Gasteiger partial charge on any atom is -0.385 e. The summed E-state index contributed by atoms with van der Waals surface area (Å²) in [6.45, 7) is 5.58. The summed E-state index contributed by atoms with van der Waals surface area (Å²) in [4.78, 5) is 0. The third-order valence-electron chi connectivity index (χ3n) is 4.24. The molecule has 0 saturated carbocycles. The van der Waals surface area contributed by atoms with E-state index in [0.717, 1.165) is 23.8 Å². The van der Waals surface area contributed by atoms with E-state index in [4.69, 9.17) is 0 Å². The van der Waals surface area contributed by atoms with Crippen LogP contribution in [0.2, 0.25) is 0 Å². The smallest absolute Gasteiger partial charge is 0.211 e. The first kappa shape index (κ1) is 17.8. The van der Waals surface area contributed by atoms with Gasteiger partial charge in [-0.3, -0.25) is 0 Å². The molecule has 6 heteroatoms. The SMILES string of the molecule is CCCCCC(CC)CCNc1ccc(-n2nnnc2S)cc1. The Morgan fingerprint density at radius 3 is 2.52 bits per heavy atom. The van der Waals surface area contributed by atoms with Crippen molar-refractivity contribution in [1.82, 2.24) is 20.2 Å². The van der Waals surface area contributed by atoms with Crippen LogP contribution >= 0.6 is 12.6 Å². The molecule has 1 heterocycles. The van der Waals surface area contributed by atoms with Crippen molar-refractivity contribution < 1.29 is 0 Å². The summed E-state index contributed by atoms with van der Waals surface area (Å²) in [5.41, 5.74) is 2.04. The van der Waals surface area contributed by atoms with E-state index in [0.29, 0.717) is 5.16 Å². The van der Waals surface area contributed by atoms with Crippen LogP contribution in [-0.4, -0.2) is 26.8 Å². The predicted octanol–water partition coefficient (Wildman–Crippen LogP) is 4.36. The van der Waals surface area contributed by atoms with Crippen molar-refractivity contribution in [3.8, 4) is 5.69 Å². The number of benzene rings is 1. The van der Waals surface area contributed by atoms with Gasteiger partial charge >= 0.3 is 0 Å². The Morgan fingerprint density at radius 2 is 1.91 bits per heavy atom. The standard InChI is InChI=1S/C17H27N5S/c1-3-5-6-7-14(4-2)12-13-18-15-8-10-16(11-9-15)22-17(23)19-20-21-22/h8-11,14,18H,3-7,12-13H2,1-2H3,(H,19,21,23). The Morgan fingerprint density at radius 1 is 1.13 bits per heavy atom. The van der Waals surface area contributed by atoms with Gasteiger partial charge in [-0.25, -0.2) is 0 Å². The topological polar surface area (TPSA) is 55.6 Å². The summed E-state index contributed by atoms with van der Waals surface area (Å²) in [6.07, 6.45) is 7.88. The third kappa shape index (κ3) is 5.53. The average molecular weight is 334 g/mol. The summed E-state index contributed by atoms with van der Waals surface area (Å²) >= 11 is 4.22. The van der Waals surface area contributed by atoms with Gasteiger partial charge in [0.25, 0.3) is 0 Å². The molecule has 1 aromatic heterocycles. The summed E-state index contributed by atoms with van der Waals surface area (Å²) < 4.78 is 1.60. The zero-order valence-electron chi connectivity index (χ0n) is 14.1. The maximum atomic E-state index is 4.22. The molecule has 0 saturated heterocycles. The summed E-state index contributed by atoms with van der Waals surface area (Å²) in [6, 6.07) is 8.11. The second-order valence-corrected chi connectivity index (χ2v) is 6.32. The number of hydrogen-bond acceptors (Lipinski definition) is 5. The lowest BCUT2D eigenvalue weighted by Crippen LogP contribution is -2.09. The second kappa shape index (κ2) is 9.55. The number of hydrogen-bond donors (Lipinski definition) is 2. The average Bonchev–Trinajstić information content (AvgIpc) is 3.00. The highest BCUT2D eigenvalue weighted by Crippen LogP contribution is 2.19. The van der Waals surface area contributed by atoms with Gasteiger partial charge < -0.3 is 5.32 Å². The monoisotopic (exact) mass is 333 g/mol. The summed E-state index contributed by atoms with van der Waals surface area (Å²) in [5, 5.41) is 15.3. The number of thiol groups is 1. The molecule has 0 aliphatic heterocycles. The van der Waals surface area contributed by atoms with E-state index in [9.17, 15) is 0 Å². The maximum absolute atomic E-state index is 4.22. The fourth-order valence-corrected chi connectivity index (χ4v) is 2.92. The van der Waals surface area contributed by atoms with Crippen molar-refractivity contribution in [1.29, 1.82) is 0 Å². The van der Waals surface area contributed by atoms with Gasteiger partial charge in [0, 0.05) is 12.2 Å². The van der Waals surface area contributed by atoms with E-state index >= 15 is 0 Å². The summed E-state index contributed by atoms with van der Waals surface area (Å²) in [5.74, 6) is 0.835. The number of aromatic nitrogens is 4. The van der Waals surface area contributed by atoms with E-state index in [1.165, 1.54) is 38.5 Å². The van der Waals surface area contributed by atoms with Crippen LogP contribution in [0, 0.1) is 5.92 Å². The molecule has 0 aliphatic carbocycles. The first-order valence-electron chi connectivity index (χ1n) is 8.56. The molecule has 1 atom stereocenters. The first-order valence-corrected chi connectivity index (χ1v) is 9.01. The van der Waals surface area contributed by atoms with Crippen LogP contribution in [0.25, 0.3) is 5.69 Å². The molecule has 1 aromatic carbocycles. The molecule has 2 aromatic rings. The first-order chi connectivity index (χ1) is 11.2. The minimum atomic E-state index is 0.489. The van der Waals surface area contributed by atoms with Gasteiger partial charge in [0.15, 0.2) is 0 Å². The third-order valence-corrected chi connectivity index (χ3v) is 4.52. The molecule has 0 radical (unpaired) electrons. The molecule has 1 unspecified atom stereocenters. The zero-order valence-corrected chi connectivity index (χ0v) is 15.0. The fraction of sp³-hybridized carbons (Fsp3) is 0.588. The lowest BCUT2D eigenvalue weighted by Gasteiger charge is -2.15. The van der Waals surface area contributed by atoms with Crippen molar-refractivity contribution >= 4 is 18.3 Å². The highest BCUT2D eigenvalue weighted by atomic mass is 32.1. The molecule has 23 heavy (non-hydrogen) atoms. The van der Waals surface area contributed by atoms with E-state index < -0.39 is 0 Å². The van der Waals surface area contributed by atoms with Crippen LogP contribution in [-0.2, 0) is 0 Å². The van der Waals surface area contributed by atoms with Crippen molar-refractivity contribution in [2.24, 2.45) is 5.92 Å². The van der Waals surface area contributed by atoms with Crippen LogP contribution in [0.5, 0.6) is 0 Å². The van der Waals surface area contributed by atoms with Gasteiger partial charge in [-0.1, -0.05) is 46.0 Å². The van der Waals surface area contributed by atoms with Crippen LogP contribution < -0.4 is 5.32 Å². The van der Waals surface area contributed by atoms with E-state index in [2.05, 4.69) is 59.5 Å². The van der Waals surface area contributed by atoms with Crippen molar-refractivity contribution in [2.45, 2.75) is 57.5 Å². The van der Waals surface area contributed by atoms with Crippen LogP contribution in [0.1, 0.15) is 52.4 Å². The molecule has 0 aliphatic rings. The van der Waals surface area contributed by atoms with E-state index in [-0.39, 0.29) is 0 Å². The number of nitrogens with one attached hydrogen (secondary N) is 1. The highest BCUT2D eigenvalue weighted by molar-refractivity contribution is 7.80. The molecule has 0 fully saturated rings. The van der Waals surface area contributed by atoms with Crippen LogP contribution in [0.4, 0.5) is 5.69 Å². The quantitative estimate of drug-likeness (QED) is 0.501. The van der Waals surface area contributed by atoms with Crippen molar-refractivity contribution in [2.75, 3.05) is 11.9 Å². The van der Waals surface area contributed by atoms with Gasteiger partial charge in [-0.15, -0.1) is 17.7 Å². The van der Waals surface area contributed by atoms with Crippen LogP contribution in [0.15, 0.2) is 29.4 Å². The number of tetrazole rings is 1. The Hall–Kier alpha value is -1.56. The lowest BCUT2D eigenvalue weighted by atomic mass is 9.95. The highest BCUT2D eigenvalue weighted by Gasteiger charge is 2.06. The number of anilines is 1. The number of unbranched alkanes of at least 4 members (excludes halogenated alkanes) is 2. The van der Waals surface area contributed by atoms with Crippen molar-refractivity contribution in [3.63, 3.8) is 0 Å². The second-order valence-electron chi connectivity index (χ2n) is 5.92. The van der Waals surface area contributed by atoms with E-state index in [1.807, 2.05) is 12.1 Å². The number of nitrogens with zero attached hydrogens (tertiary/aromatic N) is 4. The largest absolute Gasteiger partial charge is 0.385 e. The molecule has 2 rings (SSSR count). The minimum absolute atomic E-state index is 0.489. The van der Waals surface area contributed by atoms with Crippen LogP contribution in [0.3, 0.4) is 0 Å².